The summed E-state index contributed by atoms with van der Waals surface area (Å²) in [6.45, 7) is 19.6. The van der Waals surface area contributed by atoms with Gasteiger partial charge in [0.15, 0.2) is 6.20 Å². The molecule has 0 saturated carbocycles. The standard InChI is InChI=1S/C27H37ClN6OS/c1-6-30-25(16-29-5)34(17-22-10-14-36-18-22)23-8-12-33(13-9-23)20(3)7-11-31-27(35)26-19(2)15-24(28)32-21(26)4/h10,14-16,18,20,23,30H,6-9,11-13,17H2,1-4H3,(H,31,35)/t20-/m1/s1. The van der Waals surface area contributed by atoms with Crippen LogP contribution in [0.4, 0.5) is 0 Å². The number of nitrogens with zero attached hydrogens (tertiary/aromatic N) is 4. The molecule has 36 heavy (non-hydrogen) atoms. The smallest absolute Gasteiger partial charge is 0.253 e. The van der Waals surface area contributed by atoms with Gasteiger partial charge in [0.1, 0.15) is 5.15 Å². The van der Waals surface area contributed by atoms with E-state index in [4.69, 9.17) is 18.2 Å². The average molecular weight is 529 g/mol. The van der Waals surface area contributed by atoms with Gasteiger partial charge in [0.05, 0.1) is 23.7 Å². The summed E-state index contributed by atoms with van der Waals surface area (Å²) in [5, 5.41) is 11.2. The first kappa shape index (κ1) is 28.0. The number of thiophene rings is 1. The molecule has 1 aliphatic rings. The number of nitrogens with one attached hydrogen (secondary N) is 2. The Morgan fingerprint density at radius 2 is 2.14 bits per heavy atom. The third-order valence-corrected chi connectivity index (χ3v) is 7.72. The average Bonchev–Trinajstić information content (AvgIpc) is 3.35. The summed E-state index contributed by atoms with van der Waals surface area (Å²) >= 11 is 7.71. The molecule has 7 nitrogen and oxygen atoms in total. The molecular weight excluding hydrogens is 492 g/mol. The van der Waals surface area contributed by atoms with E-state index in [0.717, 1.165) is 56.8 Å². The Morgan fingerprint density at radius 3 is 2.75 bits per heavy atom. The minimum Gasteiger partial charge on any atom is -0.381 e. The summed E-state index contributed by atoms with van der Waals surface area (Å²) in [5.41, 5.74) is 3.39. The number of aryl methyl sites for hydroxylation is 2. The molecule has 2 aromatic rings. The Labute approximate surface area is 224 Å². The molecule has 9 heteroatoms. The van der Waals surface area contributed by atoms with Gasteiger partial charge in [0.2, 0.25) is 0 Å². The van der Waals surface area contributed by atoms with E-state index in [-0.39, 0.29) is 5.91 Å². The van der Waals surface area contributed by atoms with Gasteiger partial charge in [0.25, 0.3) is 5.91 Å². The molecule has 0 radical (unpaired) electrons. The third-order valence-electron chi connectivity index (χ3n) is 6.79. The molecule has 0 spiro atoms. The van der Waals surface area contributed by atoms with Crippen LogP contribution in [0, 0.1) is 20.4 Å². The van der Waals surface area contributed by atoms with E-state index in [1.165, 1.54) is 5.56 Å². The first-order valence-corrected chi connectivity index (χ1v) is 13.9. The fraction of sp³-hybridized carbons (Fsp3) is 0.519. The van der Waals surface area contributed by atoms with Gasteiger partial charge in [-0.2, -0.15) is 11.3 Å². The SMILES string of the molecule is [C-]#[N+]C=C(NCC)N(Cc1ccsc1)C1CCN([C@H](C)CCNC(=O)c2c(C)cc(Cl)nc2C)CC1. The van der Waals surface area contributed by atoms with Crippen LogP contribution >= 0.6 is 22.9 Å². The number of carbonyl (C=O) groups excluding carboxylic acids is 1. The maximum atomic E-state index is 12.7. The minimum absolute atomic E-state index is 0.0910. The molecule has 0 aliphatic carbocycles. The Morgan fingerprint density at radius 1 is 1.39 bits per heavy atom. The van der Waals surface area contributed by atoms with Crippen LogP contribution in [0.3, 0.4) is 0 Å². The van der Waals surface area contributed by atoms with Gasteiger partial charge in [-0.15, -0.1) is 0 Å². The zero-order chi connectivity index (χ0) is 26.1. The Kier molecular flexibility index (Phi) is 10.6. The second-order valence-electron chi connectivity index (χ2n) is 9.32. The monoisotopic (exact) mass is 528 g/mol. The Hall–Kier alpha value is -2.60. The van der Waals surface area contributed by atoms with E-state index < -0.39 is 0 Å². The number of hydrogen-bond donors (Lipinski definition) is 2. The van der Waals surface area contributed by atoms with E-state index in [2.05, 4.69) is 60.9 Å². The van der Waals surface area contributed by atoms with Crippen LogP contribution in [0.15, 0.2) is 34.9 Å². The number of carbonyl (C=O) groups is 1. The lowest BCUT2D eigenvalue weighted by Gasteiger charge is -2.42. The second-order valence-corrected chi connectivity index (χ2v) is 10.5. The van der Waals surface area contributed by atoms with Gasteiger partial charge >= 0.3 is 0 Å². The van der Waals surface area contributed by atoms with Crippen molar-refractivity contribution in [2.45, 2.75) is 65.6 Å². The van der Waals surface area contributed by atoms with Crippen LogP contribution in [-0.2, 0) is 6.54 Å². The summed E-state index contributed by atoms with van der Waals surface area (Å²) in [6, 6.07) is 4.64. The van der Waals surface area contributed by atoms with E-state index in [1.807, 2.05) is 13.8 Å². The van der Waals surface area contributed by atoms with Gasteiger partial charge in [-0.25, -0.2) is 9.83 Å². The number of pyridine rings is 1. The molecule has 3 heterocycles. The fourth-order valence-corrected chi connectivity index (χ4v) is 5.84. The third kappa shape index (κ3) is 7.45. The van der Waals surface area contributed by atoms with Crippen LogP contribution in [0.25, 0.3) is 4.85 Å². The number of halogens is 1. The predicted molar refractivity (Wildman–Crippen MR) is 148 cm³/mol. The molecule has 0 aromatic carbocycles. The molecule has 1 fully saturated rings. The molecule has 1 atom stereocenters. The number of rotatable bonds is 11. The lowest BCUT2D eigenvalue weighted by molar-refractivity contribution is 0.0903. The Balaban J connectivity index is 1.53. The summed E-state index contributed by atoms with van der Waals surface area (Å²) in [7, 11) is 0. The second kappa shape index (κ2) is 13.6. The molecule has 0 bridgehead atoms. The minimum atomic E-state index is -0.0910. The van der Waals surface area contributed by atoms with Crippen LogP contribution in [-0.4, -0.2) is 59.0 Å². The molecular formula is C27H37ClN6OS. The van der Waals surface area contributed by atoms with Gasteiger partial charge in [-0.05, 0) is 81.0 Å². The molecule has 0 unspecified atom stereocenters. The zero-order valence-corrected chi connectivity index (χ0v) is 23.3. The highest BCUT2D eigenvalue weighted by Gasteiger charge is 2.28. The van der Waals surface area contributed by atoms with Crippen molar-refractivity contribution in [3.63, 3.8) is 0 Å². The predicted octanol–water partition coefficient (Wildman–Crippen LogP) is 5.22. The number of hydrogen-bond acceptors (Lipinski definition) is 6. The zero-order valence-electron chi connectivity index (χ0n) is 21.7. The first-order chi connectivity index (χ1) is 17.3. The molecule has 2 N–H and O–H groups in total. The maximum absolute atomic E-state index is 12.7. The van der Waals surface area contributed by atoms with Crippen molar-refractivity contribution in [1.29, 1.82) is 0 Å². The summed E-state index contributed by atoms with van der Waals surface area (Å²) < 4.78 is 0. The van der Waals surface area contributed by atoms with Crippen molar-refractivity contribution in [2.24, 2.45) is 0 Å². The summed E-state index contributed by atoms with van der Waals surface area (Å²) in [6.07, 6.45) is 4.58. The van der Waals surface area contributed by atoms with Crippen LogP contribution in [0.5, 0.6) is 0 Å². The van der Waals surface area contributed by atoms with Crippen molar-refractivity contribution >= 4 is 28.8 Å². The number of aromatic nitrogens is 1. The highest BCUT2D eigenvalue weighted by Crippen LogP contribution is 2.25. The van der Waals surface area contributed by atoms with Crippen molar-refractivity contribution in [3.05, 3.63) is 73.9 Å². The van der Waals surface area contributed by atoms with Crippen molar-refractivity contribution in [3.8, 4) is 0 Å². The lowest BCUT2D eigenvalue weighted by atomic mass is 10.00. The number of piperidine rings is 1. The van der Waals surface area contributed by atoms with E-state index in [0.29, 0.717) is 35.0 Å². The molecule has 3 rings (SSSR count). The largest absolute Gasteiger partial charge is 0.381 e. The quantitative estimate of drug-likeness (QED) is 0.309. The number of amides is 1. The van der Waals surface area contributed by atoms with Crippen molar-refractivity contribution in [2.75, 3.05) is 26.2 Å². The van der Waals surface area contributed by atoms with Gasteiger partial charge in [0, 0.05) is 44.8 Å². The van der Waals surface area contributed by atoms with Crippen LogP contribution in [0.2, 0.25) is 5.15 Å². The van der Waals surface area contributed by atoms with Crippen molar-refractivity contribution < 1.29 is 4.79 Å². The highest BCUT2D eigenvalue weighted by atomic mass is 35.5. The fourth-order valence-electron chi connectivity index (χ4n) is 4.89. The topological polar surface area (TPSA) is 64.9 Å². The van der Waals surface area contributed by atoms with Crippen LogP contribution < -0.4 is 10.6 Å². The highest BCUT2D eigenvalue weighted by molar-refractivity contribution is 7.07. The molecule has 1 aliphatic heterocycles. The van der Waals surface area contributed by atoms with Crippen LogP contribution in [0.1, 0.15) is 60.3 Å². The summed E-state index contributed by atoms with van der Waals surface area (Å²) in [5.74, 6) is 0.821. The van der Waals surface area contributed by atoms with Crippen molar-refractivity contribution in [1.82, 2.24) is 25.4 Å². The van der Waals surface area contributed by atoms with Gasteiger partial charge in [-0.1, -0.05) is 11.6 Å². The number of likely N-dealkylation sites (tertiary alicyclic amines) is 1. The van der Waals surface area contributed by atoms with E-state index in [9.17, 15) is 4.79 Å². The molecule has 1 amide bonds. The normalized spacial score (nSPS) is 15.8. The van der Waals surface area contributed by atoms with E-state index in [1.54, 1.807) is 23.6 Å². The summed E-state index contributed by atoms with van der Waals surface area (Å²) in [4.78, 5) is 25.4. The molecule has 2 aromatic heterocycles. The Bertz CT molecular complexity index is 1050. The van der Waals surface area contributed by atoms with E-state index >= 15 is 0 Å². The lowest BCUT2D eigenvalue weighted by Crippen LogP contribution is -2.49. The maximum Gasteiger partial charge on any atom is 0.253 e. The van der Waals surface area contributed by atoms with Gasteiger partial charge < -0.3 is 20.4 Å². The first-order valence-electron chi connectivity index (χ1n) is 12.6. The van der Waals surface area contributed by atoms with Gasteiger partial charge in [-0.3, -0.25) is 4.79 Å². The molecule has 194 valence electrons. The molecule has 1 saturated heterocycles.